The minimum Gasteiger partial charge on any atom is -0.284 e. The van der Waals surface area contributed by atoms with Gasteiger partial charge in [-0.1, -0.05) is 18.2 Å². The molecule has 1 aromatic rings. The summed E-state index contributed by atoms with van der Waals surface area (Å²) in [6.07, 6.45) is 0. The molecular formula is C7H7NO3S2. The topological polar surface area (TPSA) is 69.9 Å². The quantitative estimate of drug-likeness (QED) is 0.429. The molecule has 2 N–H and O–H groups in total. The number of thiocarbonyl (C=S) groups is 1. The van der Waals surface area contributed by atoms with Crippen molar-refractivity contribution < 1.29 is 13.3 Å². The number of hydrogen-bond donors (Lipinski definition) is 2. The van der Waals surface area contributed by atoms with Gasteiger partial charge in [0.25, 0.3) is 11.4 Å². The van der Waals surface area contributed by atoms with Crippen LogP contribution >= 0.6 is 12.2 Å². The van der Waals surface area contributed by atoms with E-state index in [1.54, 1.807) is 0 Å². The molecule has 0 bridgehead atoms. The molecule has 0 aliphatic heterocycles. The number of nitrogens with zero attached hydrogens (tertiary/aromatic N) is 1. The highest BCUT2D eigenvalue weighted by Gasteiger charge is 1.79. The molecule has 0 aliphatic carbocycles. The van der Waals surface area contributed by atoms with Crippen LogP contribution in [0.3, 0.4) is 0 Å². The minimum atomic E-state index is -2.61. The minimum absolute atomic E-state index is 0.854. The molecule has 0 atom stereocenters. The van der Waals surface area contributed by atoms with E-state index < -0.39 is 11.4 Å². The van der Waals surface area contributed by atoms with Gasteiger partial charge in [-0.3, -0.25) is 9.11 Å². The van der Waals surface area contributed by atoms with Gasteiger partial charge in [-0.15, -0.1) is 0 Å². The van der Waals surface area contributed by atoms with Crippen LogP contribution in [-0.2, 0) is 11.4 Å². The second-order valence-electron chi connectivity index (χ2n) is 1.77. The van der Waals surface area contributed by atoms with E-state index >= 15 is 0 Å². The third-order valence-corrected chi connectivity index (χ3v) is 1.02. The highest BCUT2D eigenvalue weighted by molar-refractivity contribution is 7.78. The first-order valence-electron chi connectivity index (χ1n) is 3.09. The molecule has 0 amide bonds. The lowest BCUT2D eigenvalue weighted by molar-refractivity contribution is 0.454. The number of aliphatic imine (C=N–C) groups is 1. The lowest BCUT2D eigenvalue weighted by Crippen LogP contribution is -1.74. The van der Waals surface area contributed by atoms with Crippen molar-refractivity contribution in [3.05, 3.63) is 30.3 Å². The van der Waals surface area contributed by atoms with Gasteiger partial charge in [0, 0.05) is 0 Å². The molecule has 0 saturated carbocycles. The molecule has 0 saturated heterocycles. The van der Waals surface area contributed by atoms with Gasteiger partial charge in [-0.25, -0.2) is 0 Å². The molecule has 0 unspecified atom stereocenters. The van der Waals surface area contributed by atoms with Crippen LogP contribution in [-0.4, -0.2) is 18.5 Å². The average molecular weight is 217 g/mol. The van der Waals surface area contributed by atoms with E-state index in [2.05, 4.69) is 22.4 Å². The largest absolute Gasteiger partial charge is 0.299 e. The van der Waals surface area contributed by atoms with Crippen molar-refractivity contribution >= 4 is 34.4 Å². The summed E-state index contributed by atoms with van der Waals surface area (Å²) in [6.45, 7) is 0. The van der Waals surface area contributed by atoms with Crippen molar-refractivity contribution in [3.63, 3.8) is 0 Å². The maximum Gasteiger partial charge on any atom is 0.299 e. The summed E-state index contributed by atoms with van der Waals surface area (Å²) in [5.74, 6) is 0. The number of para-hydroxylation sites is 1. The molecule has 0 fully saturated rings. The third-order valence-electron chi connectivity index (χ3n) is 0.931. The van der Waals surface area contributed by atoms with E-state index in [1.165, 1.54) is 0 Å². The Hall–Kier alpha value is -0.910. The van der Waals surface area contributed by atoms with Crippen LogP contribution < -0.4 is 0 Å². The summed E-state index contributed by atoms with van der Waals surface area (Å²) in [5.41, 5.74) is 0.854. The standard InChI is InChI=1S/C7H5NS.H2O3S/c9-6-8-7-4-2-1-3-5-7;1-4(2)3/h1-5H;(H2,1,2,3). The molecule has 1 rings (SSSR count). The SMILES string of the molecule is O=S(O)O.S=C=Nc1ccccc1. The molecule has 0 aliphatic rings. The molecule has 0 spiro atoms. The molecule has 13 heavy (non-hydrogen) atoms. The zero-order valence-corrected chi connectivity index (χ0v) is 8.09. The van der Waals surface area contributed by atoms with Gasteiger partial charge in [0.05, 0.1) is 10.8 Å². The predicted molar refractivity (Wildman–Crippen MR) is 54.5 cm³/mol. The van der Waals surface area contributed by atoms with E-state index in [4.69, 9.17) is 13.3 Å². The third kappa shape index (κ3) is 9.00. The van der Waals surface area contributed by atoms with Gasteiger partial charge < -0.3 is 0 Å². The van der Waals surface area contributed by atoms with Crippen molar-refractivity contribution in [2.45, 2.75) is 0 Å². The lowest BCUT2D eigenvalue weighted by Gasteiger charge is -1.83. The maximum atomic E-state index is 8.67. The summed E-state index contributed by atoms with van der Waals surface area (Å²) >= 11 is 1.81. The fraction of sp³-hybridized carbons (Fsp3) is 0. The predicted octanol–water partition coefficient (Wildman–Crippen LogP) is 2.10. The summed E-state index contributed by atoms with van der Waals surface area (Å²) < 4.78 is 22.8. The van der Waals surface area contributed by atoms with E-state index in [9.17, 15) is 0 Å². The monoisotopic (exact) mass is 217 g/mol. The Bertz CT molecular complexity index is 305. The highest BCUT2D eigenvalue weighted by Crippen LogP contribution is 2.07. The molecule has 70 valence electrons. The summed E-state index contributed by atoms with van der Waals surface area (Å²) in [4.78, 5) is 3.77. The van der Waals surface area contributed by atoms with Gasteiger partial charge >= 0.3 is 0 Å². The van der Waals surface area contributed by atoms with Gasteiger partial charge in [-0.05, 0) is 24.4 Å². The number of benzene rings is 1. The first-order chi connectivity index (χ1) is 6.16. The van der Waals surface area contributed by atoms with Crippen molar-refractivity contribution in [2.75, 3.05) is 0 Å². The summed E-state index contributed by atoms with van der Waals surface area (Å²) in [6, 6.07) is 9.50. The highest BCUT2D eigenvalue weighted by atomic mass is 32.2. The van der Waals surface area contributed by atoms with E-state index in [-0.39, 0.29) is 0 Å². The summed E-state index contributed by atoms with van der Waals surface area (Å²) in [5, 5.41) is 2.29. The maximum absolute atomic E-state index is 8.67. The zero-order chi connectivity index (χ0) is 10.1. The fourth-order valence-electron chi connectivity index (χ4n) is 0.555. The molecular weight excluding hydrogens is 210 g/mol. The van der Waals surface area contributed by atoms with Crippen LogP contribution in [0.2, 0.25) is 0 Å². The Morgan fingerprint density at radius 2 is 1.77 bits per heavy atom. The Balaban J connectivity index is 0.000000310. The Kier molecular flexibility index (Phi) is 7.18. The van der Waals surface area contributed by atoms with Crippen LogP contribution in [0.4, 0.5) is 5.69 Å². The van der Waals surface area contributed by atoms with Crippen LogP contribution in [0, 0.1) is 0 Å². The zero-order valence-electron chi connectivity index (χ0n) is 6.45. The molecule has 0 heterocycles. The Morgan fingerprint density at radius 1 is 1.31 bits per heavy atom. The second-order valence-corrected chi connectivity index (χ2v) is 2.41. The second kappa shape index (κ2) is 7.72. The lowest BCUT2D eigenvalue weighted by atomic mass is 10.3. The van der Waals surface area contributed by atoms with E-state index in [0.29, 0.717) is 0 Å². The Morgan fingerprint density at radius 3 is 2.15 bits per heavy atom. The van der Waals surface area contributed by atoms with Crippen LogP contribution in [0.15, 0.2) is 35.3 Å². The smallest absolute Gasteiger partial charge is 0.284 e. The molecule has 0 aromatic heterocycles. The first-order valence-corrected chi connectivity index (χ1v) is 4.57. The van der Waals surface area contributed by atoms with Crippen LogP contribution in [0.25, 0.3) is 0 Å². The van der Waals surface area contributed by atoms with Crippen molar-refractivity contribution in [1.82, 2.24) is 0 Å². The number of isothiocyanates is 1. The summed E-state index contributed by atoms with van der Waals surface area (Å²) in [7, 11) is 0. The van der Waals surface area contributed by atoms with E-state index in [0.717, 1.165) is 5.69 Å². The van der Waals surface area contributed by atoms with Gasteiger partial charge in [0.15, 0.2) is 0 Å². The van der Waals surface area contributed by atoms with Gasteiger partial charge in [-0.2, -0.15) is 9.20 Å². The van der Waals surface area contributed by atoms with Crippen molar-refractivity contribution in [3.8, 4) is 0 Å². The Labute approximate surface area is 83.4 Å². The van der Waals surface area contributed by atoms with Crippen molar-refractivity contribution in [1.29, 1.82) is 0 Å². The number of hydrogen-bond acceptors (Lipinski definition) is 3. The number of rotatable bonds is 1. The fourth-order valence-corrected chi connectivity index (χ4v) is 0.661. The molecule has 6 heteroatoms. The van der Waals surface area contributed by atoms with Gasteiger partial charge in [0.2, 0.25) is 0 Å². The average Bonchev–Trinajstić information content (AvgIpc) is 2.06. The van der Waals surface area contributed by atoms with Crippen LogP contribution in [0.1, 0.15) is 0 Å². The van der Waals surface area contributed by atoms with Crippen molar-refractivity contribution in [2.24, 2.45) is 4.99 Å². The normalized spacial score (nSPS) is 8.23. The first kappa shape index (κ1) is 12.1. The van der Waals surface area contributed by atoms with E-state index in [1.807, 2.05) is 30.3 Å². The molecule has 0 radical (unpaired) electrons. The molecule has 1 aromatic carbocycles. The van der Waals surface area contributed by atoms with Gasteiger partial charge in [0.1, 0.15) is 0 Å². The van der Waals surface area contributed by atoms with Crippen LogP contribution in [0.5, 0.6) is 0 Å². The molecule has 4 nitrogen and oxygen atoms in total.